The van der Waals surface area contributed by atoms with Gasteiger partial charge in [0.2, 0.25) is 0 Å². The van der Waals surface area contributed by atoms with Crippen LogP contribution in [0.3, 0.4) is 0 Å². The highest BCUT2D eigenvalue weighted by Crippen LogP contribution is 2.50. The SMILES string of the molecule is CC(C)(C)OC(=O)C1CC1c1cc(C(=O)NCc2ncccn2)cs1. The van der Waals surface area contributed by atoms with Gasteiger partial charge >= 0.3 is 5.97 Å². The Labute approximate surface area is 150 Å². The summed E-state index contributed by atoms with van der Waals surface area (Å²) >= 11 is 1.51. The zero-order valence-electron chi connectivity index (χ0n) is 14.5. The predicted octanol–water partition coefficient (Wildman–Crippen LogP) is 2.91. The number of nitrogens with one attached hydrogen (secondary N) is 1. The maximum absolute atomic E-state index is 12.2. The average molecular weight is 359 g/mol. The van der Waals surface area contributed by atoms with Crippen LogP contribution in [-0.2, 0) is 16.1 Å². The lowest BCUT2D eigenvalue weighted by Crippen LogP contribution is -2.25. The summed E-state index contributed by atoms with van der Waals surface area (Å²) in [7, 11) is 0. The number of amides is 1. The molecule has 0 bridgehead atoms. The topological polar surface area (TPSA) is 81.2 Å². The van der Waals surface area contributed by atoms with Crippen molar-refractivity contribution in [2.75, 3.05) is 0 Å². The number of carbonyl (C=O) groups excluding carboxylic acids is 2. The van der Waals surface area contributed by atoms with Gasteiger partial charge in [0.25, 0.3) is 5.91 Å². The van der Waals surface area contributed by atoms with E-state index >= 15 is 0 Å². The Morgan fingerprint density at radius 1 is 1.32 bits per heavy atom. The van der Waals surface area contributed by atoms with E-state index in [0.717, 1.165) is 11.3 Å². The number of carbonyl (C=O) groups is 2. The van der Waals surface area contributed by atoms with E-state index in [1.54, 1.807) is 18.5 Å². The number of rotatable bonds is 5. The molecule has 0 radical (unpaired) electrons. The number of ether oxygens (including phenoxy) is 1. The zero-order valence-corrected chi connectivity index (χ0v) is 15.3. The molecule has 1 saturated carbocycles. The minimum Gasteiger partial charge on any atom is -0.460 e. The van der Waals surface area contributed by atoms with Gasteiger partial charge in [-0.15, -0.1) is 11.3 Å². The third-order valence-electron chi connectivity index (χ3n) is 3.77. The molecule has 1 aliphatic rings. The summed E-state index contributed by atoms with van der Waals surface area (Å²) < 4.78 is 5.43. The molecule has 6 nitrogen and oxygen atoms in total. The molecule has 2 aromatic heterocycles. The first-order valence-electron chi connectivity index (χ1n) is 8.19. The largest absolute Gasteiger partial charge is 0.460 e. The molecule has 0 spiro atoms. The molecule has 132 valence electrons. The van der Waals surface area contributed by atoms with Gasteiger partial charge in [0.15, 0.2) is 0 Å². The van der Waals surface area contributed by atoms with Crippen molar-refractivity contribution in [3.8, 4) is 0 Å². The highest BCUT2D eigenvalue weighted by molar-refractivity contribution is 7.10. The van der Waals surface area contributed by atoms with Crippen molar-refractivity contribution in [3.63, 3.8) is 0 Å². The molecular formula is C18H21N3O3S. The maximum Gasteiger partial charge on any atom is 0.310 e. The van der Waals surface area contributed by atoms with Crippen LogP contribution in [0.1, 0.15) is 54.2 Å². The van der Waals surface area contributed by atoms with Gasteiger partial charge in [-0.1, -0.05) is 0 Å². The van der Waals surface area contributed by atoms with E-state index in [1.165, 1.54) is 11.3 Å². The van der Waals surface area contributed by atoms with Gasteiger partial charge in [0.05, 0.1) is 18.0 Å². The van der Waals surface area contributed by atoms with Crippen LogP contribution in [0, 0.1) is 5.92 Å². The quantitative estimate of drug-likeness (QED) is 0.830. The minimum atomic E-state index is -0.468. The fraction of sp³-hybridized carbons (Fsp3) is 0.444. The first-order valence-corrected chi connectivity index (χ1v) is 9.07. The van der Waals surface area contributed by atoms with Gasteiger partial charge in [-0.25, -0.2) is 9.97 Å². The van der Waals surface area contributed by atoms with Crippen LogP contribution in [0.25, 0.3) is 0 Å². The Hall–Kier alpha value is -2.28. The van der Waals surface area contributed by atoms with E-state index in [9.17, 15) is 9.59 Å². The molecule has 1 aliphatic carbocycles. The maximum atomic E-state index is 12.2. The monoisotopic (exact) mass is 359 g/mol. The molecule has 0 aliphatic heterocycles. The van der Waals surface area contributed by atoms with Gasteiger partial charge in [0, 0.05) is 28.6 Å². The molecule has 7 heteroatoms. The summed E-state index contributed by atoms with van der Waals surface area (Å²) in [5.41, 5.74) is 0.135. The van der Waals surface area contributed by atoms with Crippen LogP contribution in [0.4, 0.5) is 0 Å². The van der Waals surface area contributed by atoms with Crippen LogP contribution in [0.5, 0.6) is 0 Å². The second kappa shape index (κ2) is 6.92. The standard InChI is InChI=1S/C18H21N3O3S/c1-18(2,3)24-17(23)13-8-12(13)14-7-11(10-25-14)16(22)21-9-15-19-5-4-6-20-15/h4-7,10,12-13H,8-9H2,1-3H3,(H,21,22). The number of hydrogen-bond donors (Lipinski definition) is 1. The zero-order chi connectivity index (χ0) is 18.0. The molecule has 2 heterocycles. The normalized spacial score (nSPS) is 19.3. The van der Waals surface area contributed by atoms with Crippen molar-refractivity contribution >= 4 is 23.2 Å². The highest BCUT2D eigenvalue weighted by Gasteiger charge is 2.47. The Morgan fingerprint density at radius 2 is 2.04 bits per heavy atom. The van der Waals surface area contributed by atoms with Gasteiger partial charge < -0.3 is 10.1 Å². The van der Waals surface area contributed by atoms with Gasteiger partial charge in [-0.05, 0) is 39.3 Å². The van der Waals surface area contributed by atoms with Crippen LogP contribution >= 0.6 is 11.3 Å². The van der Waals surface area contributed by atoms with E-state index < -0.39 is 5.60 Å². The summed E-state index contributed by atoms with van der Waals surface area (Å²) in [6.07, 6.45) is 4.07. The number of thiophene rings is 1. The average Bonchev–Trinajstić information content (AvgIpc) is 3.21. The lowest BCUT2D eigenvalue weighted by Gasteiger charge is -2.19. The van der Waals surface area contributed by atoms with Crippen LogP contribution in [0.15, 0.2) is 29.9 Å². The number of esters is 1. The molecule has 2 unspecified atom stereocenters. The predicted molar refractivity (Wildman–Crippen MR) is 94.2 cm³/mol. The number of aromatic nitrogens is 2. The van der Waals surface area contributed by atoms with E-state index in [1.807, 2.05) is 32.2 Å². The molecule has 2 atom stereocenters. The second-order valence-corrected chi connectivity index (χ2v) is 8.01. The van der Waals surface area contributed by atoms with Crippen molar-refractivity contribution in [1.82, 2.24) is 15.3 Å². The summed E-state index contributed by atoms with van der Waals surface area (Å²) in [6, 6.07) is 3.59. The fourth-order valence-electron chi connectivity index (χ4n) is 2.50. The van der Waals surface area contributed by atoms with E-state index in [-0.39, 0.29) is 30.3 Å². The first kappa shape index (κ1) is 17.5. The van der Waals surface area contributed by atoms with E-state index in [2.05, 4.69) is 15.3 Å². The van der Waals surface area contributed by atoms with E-state index in [0.29, 0.717) is 11.4 Å². The fourth-order valence-corrected chi connectivity index (χ4v) is 3.56. The summed E-state index contributed by atoms with van der Waals surface area (Å²) in [5, 5.41) is 4.62. The Balaban J connectivity index is 1.54. The number of nitrogens with zero attached hydrogens (tertiary/aromatic N) is 2. The van der Waals surface area contributed by atoms with Crippen LogP contribution < -0.4 is 5.32 Å². The summed E-state index contributed by atoms with van der Waals surface area (Å²) in [5.74, 6) is 0.325. The van der Waals surface area contributed by atoms with Crippen molar-refractivity contribution in [2.45, 2.75) is 45.3 Å². The second-order valence-electron chi connectivity index (χ2n) is 7.07. The summed E-state index contributed by atoms with van der Waals surface area (Å²) in [6.45, 7) is 5.89. The molecule has 2 aromatic rings. The van der Waals surface area contributed by atoms with Gasteiger partial charge in [-0.3, -0.25) is 9.59 Å². The van der Waals surface area contributed by atoms with Crippen LogP contribution in [-0.4, -0.2) is 27.4 Å². The van der Waals surface area contributed by atoms with E-state index in [4.69, 9.17) is 4.74 Å². The lowest BCUT2D eigenvalue weighted by molar-refractivity contribution is -0.156. The smallest absolute Gasteiger partial charge is 0.310 e. The number of hydrogen-bond acceptors (Lipinski definition) is 6. The molecule has 3 rings (SSSR count). The van der Waals surface area contributed by atoms with Crippen molar-refractivity contribution in [2.24, 2.45) is 5.92 Å². The van der Waals surface area contributed by atoms with Gasteiger partial charge in [-0.2, -0.15) is 0 Å². The molecular weight excluding hydrogens is 338 g/mol. The Bertz CT molecular complexity index is 767. The molecule has 1 N–H and O–H groups in total. The molecule has 0 aromatic carbocycles. The molecule has 1 amide bonds. The molecule has 1 fully saturated rings. The minimum absolute atomic E-state index is 0.0912. The molecule has 25 heavy (non-hydrogen) atoms. The van der Waals surface area contributed by atoms with Crippen LogP contribution in [0.2, 0.25) is 0 Å². The third-order valence-corrected chi connectivity index (χ3v) is 4.84. The Morgan fingerprint density at radius 3 is 2.72 bits per heavy atom. The molecule has 0 saturated heterocycles. The van der Waals surface area contributed by atoms with Crippen molar-refractivity contribution < 1.29 is 14.3 Å². The summed E-state index contributed by atoms with van der Waals surface area (Å²) in [4.78, 5) is 33.5. The first-order chi connectivity index (χ1) is 11.8. The highest BCUT2D eigenvalue weighted by atomic mass is 32.1. The lowest BCUT2D eigenvalue weighted by atomic mass is 10.2. The Kier molecular flexibility index (Phi) is 4.85. The van der Waals surface area contributed by atoms with Crippen molar-refractivity contribution in [1.29, 1.82) is 0 Å². The van der Waals surface area contributed by atoms with Gasteiger partial charge in [0.1, 0.15) is 11.4 Å². The third kappa shape index (κ3) is 4.63. The van der Waals surface area contributed by atoms with Crippen molar-refractivity contribution in [3.05, 3.63) is 46.2 Å².